The van der Waals surface area contributed by atoms with Crippen LogP contribution < -0.4 is 0 Å². The second-order valence-corrected chi connectivity index (χ2v) is 6.47. The molecule has 0 spiro atoms. The molecule has 1 aliphatic carbocycles. The van der Waals surface area contributed by atoms with Crippen LogP contribution in [0.2, 0.25) is 0 Å². The summed E-state index contributed by atoms with van der Waals surface area (Å²) in [6.07, 6.45) is 6.41. The highest BCUT2D eigenvalue weighted by Crippen LogP contribution is 2.45. The van der Waals surface area contributed by atoms with E-state index < -0.39 is 0 Å². The van der Waals surface area contributed by atoms with Gasteiger partial charge < -0.3 is 0 Å². The van der Waals surface area contributed by atoms with E-state index in [2.05, 4.69) is 65.1 Å². The van der Waals surface area contributed by atoms with Crippen molar-refractivity contribution >= 4 is 45.2 Å². The fourth-order valence-corrected chi connectivity index (χ4v) is 4.00. The lowest BCUT2D eigenvalue weighted by atomic mass is 9.71. The zero-order chi connectivity index (χ0) is 9.19. The molecule has 12 heavy (non-hydrogen) atoms. The second-order valence-electron chi connectivity index (χ2n) is 4.15. The van der Waals surface area contributed by atoms with Crippen molar-refractivity contribution in [2.45, 2.75) is 33.1 Å². The van der Waals surface area contributed by atoms with Gasteiger partial charge >= 0.3 is 0 Å². The molecule has 0 nitrogen and oxygen atoms in total. The van der Waals surface area contributed by atoms with Crippen LogP contribution in [-0.4, -0.2) is 4.43 Å². The molecule has 0 radical (unpaired) electrons. The Morgan fingerprint density at radius 3 is 2.75 bits per heavy atom. The van der Waals surface area contributed by atoms with Crippen molar-refractivity contribution in [1.82, 2.24) is 0 Å². The fourth-order valence-electron chi connectivity index (χ4n) is 1.91. The predicted octanol–water partition coefficient (Wildman–Crippen LogP) is 4.57. The van der Waals surface area contributed by atoms with Crippen molar-refractivity contribution in [3.63, 3.8) is 0 Å². The number of allylic oxidation sites excluding steroid dienone is 2. The van der Waals surface area contributed by atoms with Crippen molar-refractivity contribution < 1.29 is 0 Å². The molecule has 0 aromatic carbocycles. The highest BCUT2D eigenvalue weighted by molar-refractivity contribution is 14.1. The number of hydrogen-bond acceptors (Lipinski definition) is 0. The number of rotatable bonds is 2. The lowest BCUT2D eigenvalue weighted by molar-refractivity contribution is 0.223. The summed E-state index contributed by atoms with van der Waals surface area (Å²) in [7, 11) is 0. The van der Waals surface area contributed by atoms with Gasteiger partial charge in [0.2, 0.25) is 0 Å². The summed E-state index contributed by atoms with van der Waals surface area (Å²) in [6, 6.07) is 0. The molecule has 0 aromatic heterocycles. The summed E-state index contributed by atoms with van der Waals surface area (Å²) in [5.41, 5.74) is 0.538. The van der Waals surface area contributed by atoms with Gasteiger partial charge in [-0.05, 0) is 56.8 Å². The molecule has 1 rings (SSSR count). The Labute approximate surface area is 103 Å². The van der Waals surface area contributed by atoms with Crippen molar-refractivity contribution in [2.75, 3.05) is 4.43 Å². The highest BCUT2D eigenvalue weighted by atomic mass is 127. The molecule has 1 atom stereocenters. The van der Waals surface area contributed by atoms with Gasteiger partial charge in [-0.2, -0.15) is 0 Å². The van der Waals surface area contributed by atoms with Crippen molar-refractivity contribution in [2.24, 2.45) is 11.3 Å². The normalized spacial score (nSPS) is 28.3. The molecule has 2 heteroatoms. The van der Waals surface area contributed by atoms with Crippen LogP contribution in [0.25, 0.3) is 0 Å². The molecule has 0 heterocycles. The van der Waals surface area contributed by atoms with E-state index in [0.717, 1.165) is 5.92 Å². The summed E-state index contributed by atoms with van der Waals surface area (Å²) in [6.45, 7) is 4.82. The standard InChI is InChI=1S/C10H16I2/c1-10(2)6-3-4-9(12)8(10)5-7-11/h4,8H,3,5-7H2,1-2H3/t8-/m1/s1. The Balaban J connectivity index is 2.74. The van der Waals surface area contributed by atoms with E-state index >= 15 is 0 Å². The largest absolute Gasteiger partial charge is 0.0864 e. The van der Waals surface area contributed by atoms with E-state index in [4.69, 9.17) is 0 Å². The number of alkyl halides is 1. The maximum absolute atomic E-state index is 2.53. The molecular weight excluding hydrogens is 374 g/mol. The highest BCUT2D eigenvalue weighted by Gasteiger charge is 2.32. The zero-order valence-electron chi connectivity index (χ0n) is 7.74. The predicted molar refractivity (Wildman–Crippen MR) is 72.1 cm³/mol. The quantitative estimate of drug-likeness (QED) is 0.479. The molecule has 0 bridgehead atoms. The minimum atomic E-state index is 0.538. The van der Waals surface area contributed by atoms with Gasteiger partial charge in [-0.3, -0.25) is 0 Å². The van der Waals surface area contributed by atoms with Crippen molar-refractivity contribution in [3.05, 3.63) is 9.66 Å². The van der Waals surface area contributed by atoms with Crippen molar-refractivity contribution in [1.29, 1.82) is 0 Å². The van der Waals surface area contributed by atoms with Gasteiger partial charge in [0, 0.05) is 4.43 Å². The molecule has 0 aromatic rings. The zero-order valence-corrected chi connectivity index (χ0v) is 12.1. The van der Waals surface area contributed by atoms with Crippen LogP contribution in [0.15, 0.2) is 9.66 Å². The van der Waals surface area contributed by atoms with Gasteiger partial charge in [-0.1, -0.05) is 42.5 Å². The lowest BCUT2D eigenvalue weighted by Gasteiger charge is -2.37. The fraction of sp³-hybridized carbons (Fsp3) is 0.800. The van der Waals surface area contributed by atoms with Gasteiger partial charge in [-0.15, -0.1) is 0 Å². The molecule has 0 saturated carbocycles. The summed E-state index contributed by atoms with van der Waals surface area (Å²) in [5.74, 6) is 0.823. The van der Waals surface area contributed by atoms with Crippen LogP contribution in [0, 0.1) is 11.3 Å². The molecule has 0 aliphatic heterocycles. The van der Waals surface area contributed by atoms with E-state index in [9.17, 15) is 0 Å². The summed E-state index contributed by atoms with van der Waals surface area (Å²) < 4.78 is 2.88. The number of halogens is 2. The minimum Gasteiger partial charge on any atom is -0.0864 e. The third-order valence-corrected chi connectivity index (χ3v) is 4.62. The number of hydrogen-bond donors (Lipinski definition) is 0. The summed E-state index contributed by atoms with van der Waals surface area (Å²) in [4.78, 5) is 0. The first kappa shape index (κ1) is 11.3. The first-order chi connectivity index (χ1) is 5.58. The first-order valence-electron chi connectivity index (χ1n) is 4.49. The minimum absolute atomic E-state index is 0.538. The molecule has 0 saturated heterocycles. The van der Waals surface area contributed by atoms with Gasteiger partial charge in [0.15, 0.2) is 0 Å². The van der Waals surface area contributed by atoms with Crippen LogP contribution in [0.5, 0.6) is 0 Å². The summed E-state index contributed by atoms with van der Waals surface area (Å²) in [5, 5.41) is 0. The molecule has 0 unspecified atom stereocenters. The Kier molecular flexibility index (Phi) is 4.34. The van der Waals surface area contributed by atoms with Gasteiger partial charge in [0.05, 0.1) is 0 Å². The average molecular weight is 390 g/mol. The van der Waals surface area contributed by atoms with E-state index in [1.54, 1.807) is 3.58 Å². The Morgan fingerprint density at radius 2 is 2.25 bits per heavy atom. The van der Waals surface area contributed by atoms with E-state index in [1.807, 2.05) is 0 Å². The Hall–Kier alpha value is 1.20. The smallest absolute Gasteiger partial charge is 0.000145 e. The third-order valence-electron chi connectivity index (χ3n) is 2.80. The van der Waals surface area contributed by atoms with Gasteiger partial charge in [0.25, 0.3) is 0 Å². The van der Waals surface area contributed by atoms with Gasteiger partial charge in [0.1, 0.15) is 0 Å². The van der Waals surface area contributed by atoms with Crippen LogP contribution >= 0.6 is 45.2 Å². The summed E-state index contributed by atoms with van der Waals surface area (Å²) >= 11 is 5.01. The SMILES string of the molecule is CC1(C)CCC=C(I)[C@H]1CCI. The lowest BCUT2D eigenvalue weighted by Crippen LogP contribution is -2.27. The van der Waals surface area contributed by atoms with E-state index in [1.165, 1.54) is 23.7 Å². The topological polar surface area (TPSA) is 0 Å². The van der Waals surface area contributed by atoms with Crippen molar-refractivity contribution in [3.8, 4) is 0 Å². The monoisotopic (exact) mass is 390 g/mol. The molecule has 0 N–H and O–H groups in total. The Morgan fingerprint density at radius 1 is 1.58 bits per heavy atom. The molecular formula is C10H16I2. The Bertz CT molecular complexity index is 182. The molecule has 0 fully saturated rings. The van der Waals surface area contributed by atoms with Gasteiger partial charge in [-0.25, -0.2) is 0 Å². The van der Waals surface area contributed by atoms with Crippen LogP contribution in [0.1, 0.15) is 33.1 Å². The maximum Gasteiger partial charge on any atom is 0.000145 e. The third kappa shape index (κ3) is 2.59. The van der Waals surface area contributed by atoms with Crippen LogP contribution in [0.4, 0.5) is 0 Å². The molecule has 1 aliphatic rings. The maximum atomic E-state index is 2.53. The first-order valence-corrected chi connectivity index (χ1v) is 7.10. The second kappa shape index (κ2) is 4.62. The molecule has 70 valence electrons. The average Bonchev–Trinajstić information content (AvgIpc) is 1.97. The van der Waals surface area contributed by atoms with E-state index in [0.29, 0.717) is 5.41 Å². The molecule has 0 amide bonds. The van der Waals surface area contributed by atoms with Crippen LogP contribution in [-0.2, 0) is 0 Å². The van der Waals surface area contributed by atoms with E-state index in [-0.39, 0.29) is 0 Å². The van der Waals surface area contributed by atoms with Crippen LogP contribution in [0.3, 0.4) is 0 Å².